The number of nitrogen functional groups attached to an aromatic ring is 1. The predicted molar refractivity (Wildman–Crippen MR) is 75.4 cm³/mol. The van der Waals surface area contributed by atoms with E-state index in [0.29, 0.717) is 6.42 Å². The van der Waals surface area contributed by atoms with E-state index in [0.717, 1.165) is 16.6 Å². The molecule has 5 heteroatoms. The lowest BCUT2D eigenvalue weighted by Gasteiger charge is -2.05. The van der Waals surface area contributed by atoms with E-state index in [1.807, 2.05) is 12.1 Å². The summed E-state index contributed by atoms with van der Waals surface area (Å²) in [4.78, 5) is 15.8. The maximum absolute atomic E-state index is 11.6. The van der Waals surface area contributed by atoms with Crippen molar-refractivity contribution in [2.24, 2.45) is 7.05 Å². The van der Waals surface area contributed by atoms with Gasteiger partial charge in [0.25, 0.3) is 5.56 Å². The van der Waals surface area contributed by atoms with Crippen LogP contribution < -0.4 is 11.3 Å². The number of nitrogens with zero attached hydrogens (tertiary/aromatic N) is 2. The first-order valence-corrected chi connectivity index (χ1v) is 6.42. The van der Waals surface area contributed by atoms with Crippen molar-refractivity contribution in [3.05, 3.63) is 56.4 Å². The van der Waals surface area contributed by atoms with Crippen molar-refractivity contribution < 1.29 is 0 Å². The molecule has 1 aromatic heterocycles. The monoisotopic (exact) mass is 307 g/mol. The molecule has 1 heterocycles. The summed E-state index contributed by atoms with van der Waals surface area (Å²) in [5, 5.41) is 0. The van der Waals surface area contributed by atoms with Crippen molar-refractivity contribution in [3.63, 3.8) is 0 Å². The highest BCUT2D eigenvalue weighted by Gasteiger charge is 2.03. The largest absolute Gasteiger partial charge is 0.369 e. The summed E-state index contributed by atoms with van der Waals surface area (Å²) >= 11 is 3.40. The van der Waals surface area contributed by atoms with Crippen LogP contribution in [0.15, 0.2) is 39.6 Å². The zero-order valence-electron chi connectivity index (χ0n) is 10.1. The van der Waals surface area contributed by atoms with Crippen LogP contribution >= 0.6 is 15.9 Å². The third-order valence-electron chi connectivity index (χ3n) is 2.81. The van der Waals surface area contributed by atoms with E-state index < -0.39 is 0 Å². The van der Waals surface area contributed by atoms with Crippen molar-refractivity contribution in [2.75, 3.05) is 5.73 Å². The third kappa shape index (κ3) is 2.98. The van der Waals surface area contributed by atoms with E-state index in [1.54, 1.807) is 7.05 Å². The molecule has 0 atom stereocenters. The molecule has 0 aliphatic rings. The Morgan fingerprint density at radius 3 is 2.56 bits per heavy atom. The summed E-state index contributed by atoms with van der Waals surface area (Å²) in [7, 11) is 1.61. The van der Waals surface area contributed by atoms with Crippen LogP contribution in [0.1, 0.15) is 11.3 Å². The SMILES string of the molecule is Cn1c(N)nc(CCc2ccc(Br)cc2)cc1=O. The number of aromatic nitrogens is 2. The van der Waals surface area contributed by atoms with E-state index in [2.05, 4.69) is 33.0 Å². The molecule has 2 aromatic rings. The molecule has 0 radical (unpaired) electrons. The van der Waals surface area contributed by atoms with E-state index in [-0.39, 0.29) is 11.5 Å². The Morgan fingerprint density at radius 1 is 1.28 bits per heavy atom. The van der Waals surface area contributed by atoms with Gasteiger partial charge >= 0.3 is 0 Å². The van der Waals surface area contributed by atoms with Gasteiger partial charge in [-0.1, -0.05) is 28.1 Å². The van der Waals surface area contributed by atoms with E-state index >= 15 is 0 Å². The highest BCUT2D eigenvalue weighted by atomic mass is 79.9. The van der Waals surface area contributed by atoms with Crippen molar-refractivity contribution in [3.8, 4) is 0 Å². The van der Waals surface area contributed by atoms with Crippen molar-refractivity contribution in [1.82, 2.24) is 9.55 Å². The maximum Gasteiger partial charge on any atom is 0.254 e. The second-order valence-electron chi connectivity index (χ2n) is 4.13. The van der Waals surface area contributed by atoms with E-state index in [1.165, 1.54) is 16.2 Å². The Balaban J connectivity index is 2.11. The Kier molecular flexibility index (Phi) is 3.81. The van der Waals surface area contributed by atoms with Crippen LogP contribution in [0.2, 0.25) is 0 Å². The van der Waals surface area contributed by atoms with Gasteiger partial charge in [0.05, 0.1) is 5.69 Å². The van der Waals surface area contributed by atoms with Gasteiger partial charge in [-0.2, -0.15) is 0 Å². The lowest BCUT2D eigenvalue weighted by atomic mass is 10.1. The molecule has 2 N–H and O–H groups in total. The van der Waals surface area contributed by atoms with Gasteiger partial charge in [-0.3, -0.25) is 9.36 Å². The molecule has 0 saturated carbocycles. The fourth-order valence-electron chi connectivity index (χ4n) is 1.66. The normalized spacial score (nSPS) is 10.6. The molecule has 18 heavy (non-hydrogen) atoms. The van der Waals surface area contributed by atoms with Gasteiger partial charge < -0.3 is 5.73 Å². The molecule has 2 rings (SSSR count). The Morgan fingerprint density at radius 2 is 1.94 bits per heavy atom. The van der Waals surface area contributed by atoms with Crippen LogP contribution in [0, 0.1) is 0 Å². The molecule has 0 saturated heterocycles. The minimum absolute atomic E-state index is 0.117. The summed E-state index contributed by atoms with van der Waals surface area (Å²) in [5.74, 6) is 0.258. The van der Waals surface area contributed by atoms with Crippen LogP contribution in [-0.2, 0) is 19.9 Å². The zero-order chi connectivity index (χ0) is 13.1. The van der Waals surface area contributed by atoms with Gasteiger partial charge in [0.15, 0.2) is 0 Å². The minimum atomic E-state index is -0.117. The molecule has 1 aromatic carbocycles. The van der Waals surface area contributed by atoms with Crippen LogP contribution in [0.3, 0.4) is 0 Å². The number of anilines is 1. The smallest absolute Gasteiger partial charge is 0.254 e. The van der Waals surface area contributed by atoms with Crippen LogP contribution in [-0.4, -0.2) is 9.55 Å². The van der Waals surface area contributed by atoms with Gasteiger partial charge in [0.2, 0.25) is 5.95 Å². The topological polar surface area (TPSA) is 60.9 Å². The third-order valence-corrected chi connectivity index (χ3v) is 3.33. The summed E-state index contributed by atoms with van der Waals surface area (Å²) in [6, 6.07) is 9.64. The predicted octanol–water partition coefficient (Wildman–Crippen LogP) is 1.91. The average molecular weight is 308 g/mol. The Bertz CT molecular complexity index is 605. The number of nitrogens with two attached hydrogens (primary N) is 1. The summed E-state index contributed by atoms with van der Waals surface area (Å²) in [6.45, 7) is 0. The highest BCUT2D eigenvalue weighted by molar-refractivity contribution is 9.10. The first-order chi connectivity index (χ1) is 8.56. The van der Waals surface area contributed by atoms with Gasteiger partial charge in [0.1, 0.15) is 0 Å². The minimum Gasteiger partial charge on any atom is -0.369 e. The average Bonchev–Trinajstić information content (AvgIpc) is 2.35. The molecule has 0 aliphatic carbocycles. The number of aryl methyl sites for hydroxylation is 2. The summed E-state index contributed by atoms with van der Waals surface area (Å²) < 4.78 is 2.39. The molecule has 0 unspecified atom stereocenters. The first-order valence-electron chi connectivity index (χ1n) is 5.63. The standard InChI is InChI=1S/C13H14BrN3O/c1-17-12(18)8-11(16-13(17)15)7-4-9-2-5-10(14)6-3-9/h2-3,5-6,8H,4,7H2,1H3,(H2,15,16). The lowest BCUT2D eigenvalue weighted by molar-refractivity contribution is 0.806. The summed E-state index contributed by atoms with van der Waals surface area (Å²) in [6.07, 6.45) is 1.55. The van der Waals surface area contributed by atoms with Crippen molar-refractivity contribution in [1.29, 1.82) is 0 Å². The fourth-order valence-corrected chi connectivity index (χ4v) is 1.92. The first kappa shape index (κ1) is 12.8. The fraction of sp³-hybridized carbons (Fsp3) is 0.231. The molecule has 0 fully saturated rings. The Hall–Kier alpha value is -1.62. The summed E-state index contributed by atoms with van der Waals surface area (Å²) in [5.41, 5.74) is 7.48. The second kappa shape index (κ2) is 5.35. The number of halogens is 1. The molecular formula is C13H14BrN3O. The number of benzene rings is 1. The number of hydrogen-bond donors (Lipinski definition) is 1. The van der Waals surface area contributed by atoms with Crippen LogP contribution in [0.25, 0.3) is 0 Å². The Labute approximate surface area is 114 Å². The van der Waals surface area contributed by atoms with E-state index in [4.69, 9.17) is 5.73 Å². The number of hydrogen-bond acceptors (Lipinski definition) is 3. The number of rotatable bonds is 3. The molecule has 0 bridgehead atoms. The highest BCUT2D eigenvalue weighted by Crippen LogP contribution is 2.12. The molecule has 0 aliphatic heterocycles. The van der Waals surface area contributed by atoms with Crippen LogP contribution in [0.5, 0.6) is 0 Å². The van der Waals surface area contributed by atoms with Gasteiger partial charge in [0, 0.05) is 17.6 Å². The molecule has 0 amide bonds. The quantitative estimate of drug-likeness (QED) is 0.942. The van der Waals surface area contributed by atoms with Crippen molar-refractivity contribution in [2.45, 2.75) is 12.8 Å². The lowest BCUT2D eigenvalue weighted by Crippen LogP contribution is -2.21. The van der Waals surface area contributed by atoms with Gasteiger partial charge in [-0.05, 0) is 30.5 Å². The molecule has 0 spiro atoms. The molecule has 94 valence electrons. The van der Waals surface area contributed by atoms with Gasteiger partial charge in [-0.25, -0.2) is 4.98 Å². The van der Waals surface area contributed by atoms with Crippen LogP contribution in [0.4, 0.5) is 5.95 Å². The van der Waals surface area contributed by atoms with Gasteiger partial charge in [-0.15, -0.1) is 0 Å². The second-order valence-corrected chi connectivity index (χ2v) is 5.05. The maximum atomic E-state index is 11.6. The molecule has 4 nitrogen and oxygen atoms in total. The zero-order valence-corrected chi connectivity index (χ0v) is 11.6. The van der Waals surface area contributed by atoms with E-state index in [9.17, 15) is 4.79 Å². The molecular weight excluding hydrogens is 294 g/mol. The van der Waals surface area contributed by atoms with Crippen molar-refractivity contribution >= 4 is 21.9 Å².